The smallest absolute Gasteiger partial charge is 0.213 e. The average Bonchev–Trinajstić information content (AvgIpc) is 2.91. The van der Waals surface area contributed by atoms with Crippen LogP contribution in [0.1, 0.15) is 128 Å². The molecule has 0 amide bonds. The first-order chi connectivity index (χ1) is 17.8. The van der Waals surface area contributed by atoms with Gasteiger partial charge in [-0.15, -0.1) is 0 Å². The van der Waals surface area contributed by atoms with Crippen molar-refractivity contribution in [3.8, 4) is 22.9 Å². The monoisotopic (exact) mass is 494 g/mol. The second-order valence-corrected chi connectivity index (χ2v) is 10.4. The predicted octanol–water partition coefficient (Wildman–Crippen LogP) is 9.28. The van der Waals surface area contributed by atoms with Gasteiger partial charge >= 0.3 is 0 Å². The number of ether oxygens (including phenoxy) is 2. The Morgan fingerprint density at radius 3 is 1.25 bits per heavy atom. The largest absolute Gasteiger partial charge is 0.478 e. The number of nitrogens with zero attached hydrogens (tertiary/aromatic N) is 2. The third-order valence-electron chi connectivity index (χ3n) is 7.28. The fourth-order valence-corrected chi connectivity index (χ4v) is 5.06. The maximum Gasteiger partial charge on any atom is 0.213 e. The molecule has 0 saturated heterocycles. The van der Waals surface area contributed by atoms with Crippen LogP contribution in [0.2, 0.25) is 0 Å². The lowest BCUT2D eigenvalue weighted by molar-refractivity contribution is 0.291. The lowest BCUT2D eigenvalue weighted by atomic mass is 9.92. The second kappa shape index (κ2) is 17.4. The van der Waals surface area contributed by atoms with Gasteiger partial charge in [0, 0.05) is 23.3 Å². The van der Waals surface area contributed by atoms with Crippen molar-refractivity contribution in [2.24, 2.45) is 0 Å². The molecule has 0 atom stereocenters. The van der Waals surface area contributed by atoms with E-state index < -0.39 is 0 Å². The van der Waals surface area contributed by atoms with E-state index in [4.69, 9.17) is 19.4 Å². The van der Waals surface area contributed by atoms with Crippen LogP contribution in [0.4, 0.5) is 0 Å². The first kappa shape index (κ1) is 28.5. The van der Waals surface area contributed by atoms with Gasteiger partial charge in [-0.3, -0.25) is 0 Å². The Bertz CT molecular complexity index is 796. The Morgan fingerprint density at radius 2 is 0.861 bits per heavy atom. The van der Waals surface area contributed by atoms with Crippen LogP contribution in [0.5, 0.6) is 11.8 Å². The maximum absolute atomic E-state index is 5.97. The summed E-state index contributed by atoms with van der Waals surface area (Å²) in [5, 5.41) is 0. The van der Waals surface area contributed by atoms with Crippen molar-refractivity contribution in [2.45, 2.75) is 129 Å². The quantitative estimate of drug-likeness (QED) is 0.172. The minimum Gasteiger partial charge on any atom is -0.478 e. The number of hydrogen-bond donors (Lipinski definition) is 0. The molecule has 0 aromatic carbocycles. The molecule has 0 radical (unpaired) electrons. The van der Waals surface area contributed by atoms with E-state index >= 15 is 0 Å². The summed E-state index contributed by atoms with van der Waals surface area (Å²) in [5.74, 6) is 1.52. The van der Waals surface area contributed by atoms with Gasteiger partial charge in [0.1, 0.15) is 0 Å². The van der Waals surface area contributed by atoms with Gasteiger partial charge in [-0.1, -0.05) is 104 Å². The molecule has 0 spiro atoms. The summed E-state index contributed by atoms with van der Waals surface area (Å²) >= 11 is 0. The highest BCUT2D eigenvalue weighted by Crippen LogP contribution is 2.34. The van der Waals surface area contributed by atoms with Gasteiger partial charge in [0.25, 0.3) is 0 Å². The standard InChI is InChI=1S/C32H50N2O2/c1-3-5-7-9-11-13-15-17-25-35-31-23-19-27-28-20-24-32(34-30(28)22-21-29(27)33-31)36-26-18-16-14-12-10-8-6-4-2/h19-20,23-24H,3-18,21-22,25-26H2,1-2H3. The molecule has 0 bridgehead atoms. The van der Waals surface area contributed by atoms with Crippen molar-refractivity contribution < 1.29 is 9.47 Å². The highest BCUT2D eigenvalue weighted by molar-refractivity contribution is 5.71. The molecule has 2 aromatic rings. The highest BCUT2D eigenvalue weighted by Gasteiger charge is 2.19. The summed E-state index contributed by atoms with van der Waals surface area (Å²) in [6.45, 7) is 6.07. The van der Waals surface area contributed by atoms with Crippen LogP contribution in [0.15, 0.2) is 24.3 Å². The molecule has 0 aliphatic heterocycles. The van der Waals surface area contributed by atoms with Crippen molar-refractivity contribution >= 4 is 0 Å². The molecule has 200 valence electrons. The summed E-state index contributed by atoms with van der Waals surface area (Å²) in [6.07, 6.45) is 22.8. The molecule has 0 saturated carbocycles. The SMILES string of the molecule is CCCCCCCCCCOc1ccc2c(n1)CCc1nc(OCCCCCCCCCC)ccc1-2. The summed E-state index contributed by atoms with van der Waals surface area (Å²) in [7, 11) is 0. The van der Waals surface area contributed by atoms with E-state index in [2.05, 4.69) is 26.0 Å². The fourth-order valence-electron chi connectivity index (χ4n) is 5.06. The van der Waals surface area contributed by atoms with Gasteiger partial charge in [-0.2, -0.15) is 0 Å². The van der Waals surface area contributed by atoms with Crippen LogP contribution in [0.3, 0.4) is 0 Å². The number of aromatic nitrogens is 2. The molecule has 4 nitrogen and oxygen atoms in total. The van der Waals surface area contributed by atoms with Crippen molar-refractivity contribution in [3.63, 3.8) is 0 Å². The van der Waals surface area contributed by atoms with Crippen LogP contribution in [-0.4, -0.2) is 23.2 Å². The molecule has 1 aliphatic carbocycles. The van der Waals surface area contributed by atoms with Gasteiger partial charge in [0.15, 0.2) is 0 Å². The molecule has 1 aliphatic rings. The molecule has 0 fully saturated rings. The molecular formula is C32H50N2O2. The molecule has 36 heavy (non-hydrogen) atoms. The molecule has 2 heterocycles. The van der Waals surface area contributed by atoms with Crippen LogP contribution in [0.25, 0.3) is 11.1 Å². The summed E-state index contributed by atoms with van der Waals surface area (Å²) in [6, 6.07) is 8.36. The predicted molar refractivity (Wildman–Crippen MR) is 151 cm³/mol. The summed E-state index contributed by atoms with van der Waals surface area (Å²) < 4.78 is 11.9. The van der Waals surface area contributed by atoms with Gasteiger partial charge < -0.3 is 9.47 Å². The summed E-state index contributed by atoms with van der Waals surface area (Å²) in [4.78, 5) is 9.65. The van der Waals surface area contributed by atoms with Crippen LogP contribution in [-0.2, 0) is 12.8 Å². The average molecular weight is 495 g/mol. The number of fused-ring (bicyclic) bond motifs is 3. The molecule has 4 heteroatoms. The van der Waals surface area contributed by atoms with E-state index in [9.17, 15) is 0 Å². The van der Waals surface area contributed by atoms with E-state index in [1.54, 1.807) is 0 Å². The molecule has 2 aromatic heterocycles. The van der Waals surface area contributed by atoms with E-state index in [1.807, 2.05) is 12.1 Å². The number of pyridine rings is 2. The first-order valence-electron chi connectivity index (χ1n) is 15.1. The van der Waals surface area contributed by atoms with E-state index in [-0.39, 0.29) is 0 Å². The topological polar surface area (TPSA) is 44.2 Å². The third kappa shape index (κ3) is 10.1. The zero-order chi connectivity index (χ0) is 25.3. The van der Waals surface area contributed by atoms with E-state index in [0.717, 1.165) is 62.0 Å². The number of hydrogen-bond acceptors (Lipinski definition) is 4. The van der Waals surface area contributed by atoms with E-state index in [1.165, 1.54) is 101 Å². The number of aryl methyl sites for hydroxylation is 2. The van der Waals surface area contributed by atoms with Gasteiger partial charge in [-0.25, -0.2) is 9.97 Å². The molecule has 0 N–H and O–H groups in total. The van der Waals surface area contributed by atoms with Crippen LogP contribution >= 0.6 is 0 Å². The lowest BCUT2D eigenvalue weighted by Gasteiger charge is -2.19. The normalized spacial score (nSPS) is 12.3. The molecular weight excluding hydrogens is 444 g/mol. The molecule has 3 rings (SSSR count). The van der Waals surface area contributed by atoms with Gasteiger partial charge in [0.05, 0.1) is 24.6 Å². The van der Waals surface area contributed by atoms with Crippen molar-refractivity contribution in [3.05, 3.63) is 35.7 Å². The van der Waals surface area contributed by atoms with Crippen molar-refractivity contribution in [1.82, 2.24) is 9.97 Å². The number of rotatable bonds is 20. The first-order valence-corrected chi connectivity index (χ1v) is 15.1. The zero-order valence-corrected chi connectivity index (χ0v) is 23.2. The third-order valence-corrected chi connectivity index (χ3v) is 7.28. The summed E-state index contributed by atoms with van der Waals surface area (Å²) in [5.41, 5.74) is 4.64. The number of unbranched alkanes of at least 4 members (excludes halogenated alkanes) is 14. The Kier molecular flexibility index (Phi) is 13.7. The molecule has 0 unspecified atom stereocenters. The van der Waals surface area contributed by atoms with Crippen molar-refractivity contribution in [1.29, 1.82) is 0 Å². The minimum atomic E-state index is 0.762. The maximum atomic E-state index is 5.97. The Morgan fingerprint density at radius 1 is 0.500 bits per heavy atom. The Hall–Kier alpha value is -2.10. The Labute approximate surface area is 220 Å². The van der Waals surface area contributed by atoms with Gasteiger partial charge in [-0.05, 0) is 37.8 Å². The minimum absolute atomic E-state index is 0.762. The highest BCUT2D eigenvalue weighted by atomic mass is 16.5. The Balaban J connectivity index is 1.36. The second-order valence-electron chi connectivity index (χ2n) is 10.4. The zero-order valence-electron chi connectivity index (χ0n) is 23.2. The lowest BCUT2D eigenvalue weighted by Crippen LogP contribution is -2.10. The van der Waals surface area contributed by atoms with Crippen LogP contribution < -0.4 is 9.47 Å². The van der Waals surface area contributed by atoms with E-state index in [0.29, 0.717) is 0 Å². The van der Waals surface area contributed by atoms with Crippen LogP contribution in [0, 0.1) is 0 Å². The fraction of sp³-hybridized carbons (Fsp3) is 0.688. The van der Waals surface area contributed by atoms with Crippen molar-refractivity contribution in [2.75, 3.05) is 13.2 Å². The van der Waals surface area contributed by atoms with Gasteiger partial charge in [0.2, 0.25) is 11.8 Å².